The van der Waals surface area contributed by atoms with Crippen molar-refractivity contribution in [3.8, 4) is 0 Å². The number of nitrogens with zero attached hydrogens (tertiary/aromatic N) is 3. The first-order valence-corrected chi connectivity index (χ1v) is 9.51. The number of carbonyl (C=O) groups excluding carboxylic acids is 1. The van der Waals surface area contributed by atoms with Crippen LogP contribution in [0.1, 0.15) is 43.1 Å². The van der Waals surface area contributed by atoms with Crippen LogP contribution in [-0.2, 0) is 0 Å². The van der Waals surface area contributed by atoms with Crippen LogP contribution in [0.4, 0.5) is 17.1 Å². The van der Waals surface area contributed by atoms with E-state index in [-0.39, 0.29) is 5.91 Å². The Hall–Kier alpha value is -2.56. The maximum atomic E-state index is 12.3. The first kappa shape index (κ1) is 18.2. The lowest BCUT2D eigenvalue weighted by Gasteiger charge is -2.18. The van der Waals surface area contributed by atoms with Gasteiger partial charge in [0.25, 0.3) is 5.91 Å². The van der Waals surface area contributed by atoms with Crippen LogP contribution in [-0.4, -0.2) is 42.5 Å². The molecule has 5 heteroatoms. The zero-order valence-electron chi connectivity index (χ0n) is 15.7. The van der Waals surface area contributed by atoms with Crippen LogP contribution in [0, 0.1) is 0 Å². The number of rotatable bonds is 7. The third-order valence-corrected chi connectivity index (χ3v) is 4.80. The highest BCUT2D eigenvalue weighted by Gasteiger charge is 2.13. The lowest BCUT2D eigenvalue weighted by Crippen LogP contribution is -2.28. The predicted molar refractivity (Wildman–Crippen MR) is 107 cm³/mol. The van der Waals surface area contributed by atoms with Crippen molar-refractivity contribution in [2.24, 2.45) is 0 Å². The van der Waals surface area contributed by atoms with Crippen LogP contribution >= 0.6 is 0 Å². The van der Waals surface area contributed by atoms with Crippen molar-refractivity contribution in [1.29, 1.82) is 0 Å². The van der Waals surface area contributed by atoms with Gasteiger partial charge in [0.05, 0.1) is 11.9 Å². The van der Waals surface area contributed by atoms with Gasteiger partial charge in [0.2, 0.25) is 0 Å². The fourth-order valence-corrected chi connectivity index (χ4v) is 3.18. The molecular formula is C21H28N4O. The standard InChI is InChI=1S/C21H28N4O/c1-3-4-13-24(2)21(26)20-12-9-18(16-22-20)23-17-7-10-19(11-8-17)25-14-5-6-15-25/h7-12,16,23H,3-6,13-15H2,1-2H3. The SMILES string of the molecule is CCCCN(C)C(=O)c1ccc(Nc2ccc(N3CCCC3)cc2)cn1. The summed E-state index contributed by atoms with van der Waals surface area (Å²) >= 11 is 0. The highest BCUT2D eigenvalue weighted by molar-refractivity contribution is 5.92. The molecule has 0 saturated carbocycles. The zero-order chi connectivity index (χ0) is 18.4. The number of aromatic nitrogens is 1. The number of unbranched alkanes of at least 4 members (excludes halogenated alkanes) is 1. The molecule has 0 aliphatic carbocycles. The minimum absolute atomic E-state index is 0.0278. The van der Waals surface area contributed by atoms with E-state index in [2.05, 4.69) is 46.4 Å². The van der Waals surface area contributed by atoms with E-state index in [0.29, 0.717) is 5.69 Å². The van der Waals surface area contributed by atoms with E-state index in [4.69, 9.17) is 0 Å². The van der Waals surface area contributed by atoms with Gasteiger partial charge in [-0.25, -0.2) is 4.98 Å². The Balaban J connectivity index is 1.59. The summed E-state index contributed by atoms with van der Waals surface area (Å²) in [4.78, 5) is 20.8. The van der Waals surface area contributed by atoms with E-state index in [1.165, 1.54) is 18.5 Å². The maximum absolute atomic E-state index is 12.3. The Morgan fingerprint density at radius 3 is 2.42 bits per heavy atom. The molecule has 0 spiro atoms. The van der Waals surface area contributed by atoms with Crippen LogP contribution in [0.3, 0.4) is 0 Å². The van der Waals surface area contributed by atoms with Crippen molar-refractivity contribution < 1.29 is 4.79 Å². The number of benzene rings is 1. The summed E-state index contributed by atoms with van der Waals surface area (Å²) in [5.41, 5.74) is 3.67. The van der Waals surface area contributed by atoms with E-state index in [1.807, 2.05) is 13.1 Å². The molecule has 0 atom stereocenters. The molecule has 0 bridgehead atoms. The maximum Gasteiger partial charge on any atom is 0.272 e. The molecule has 138 valence electrons. The average molecular weight is 352 g/mol. The molecular weight excluding hydrogens is 324 g/mol. The third-order valence-electron chi connectivity index (χ3n) is 4.80. The normalized spacial score (nSPS) is 13.7. The average Bonchev–Trinajstić information content (AvgIpc) is 3.21. The lowest BCUT2D eigenvalue weighted by atomic mass is 10.2. The second-order valence-corrected chi connectivity index (χ2v) is 6.88. The van der Waals surface area contributed by atoms with Gasteiger partial charge in [-0.2, -0.15) is 0 Å². The van der Waals surface area contributed by atoms with Crippen LogP contribution in [0.5, 0.6) is 0 Å². The lowest BCUT2D eigenvalue weighted by molar-refractivity contribution is 0.0787. The molecule has 1 amide bonds. The fraction of sp³-hybridized carbons (Fsp3) is 0.429. The van der Waals surface area contributed by atoms with Crippen molar-refractivity contribution >= 4 is 23.0 Å². The summed E-state index contributed by atoms with van der Waals surface area (Å²) < 4.78 is 0. The highest BCUT2D eigenvalue weighted by atomic mass is 16.2. The summed E-state index contributed by atoms with van der Waals surface area (Å²) in [5.74, 6) is -0.0278. The van der Waals surface area contributed by atoms with Gasteiger partial charge in [-0.3, -0.25) is 4.79 Å². The van der Waals surface area contributed by atoms with Crippen LogP contribution in [0.2, 0.25) is 0 Å². The second-order valence-electron chi connectivity index (χ2n) is 6.88. The summed E-state index contributed by atoms with van der Waals surface area (Å²) in [5, 5.41) is 3.35. The second kappa shape index (κ2) is 8.70. The van der Waals surface area contributed by atoms with Gasteiger partial charge in [0.15, 0.2) is 0 Å². The molecule has 0 radical (unpaired) electrons. The summed E-state index contributed by atoms with van der Waals surface area (Å²) in [6.45, 7) is 5.19. The number of pyridine rings is 1. The molecule has 1 fully saturated rings. The number of nitrogens with one attached hydrogen (secondary N) is 1. The fourth-order valence-electron chi connectivity index (χ4n) is 3.18. The highest BCUT2D eigenvalue weighted by Crippen LogP contribution is 2.23. The Morgan fingerprint density at radius 2 is 1.81 bits per heavy atom. The quantitative estimate of drug-likeness (QED) is 0.807. The molecule has 0 unspecified atom stereocenters. The largest absolute Gasteiger partial charge is 0.372 e. The Kier molecular flexibility index (Phi) is 6.10. The van der Waals surface area contributed by atoms with E-state index >= 15 is 0 Å². The molecule has 3 rings (SSSR count). The minimum Gasteiger partial charge on any atom is -0.372 e. The zero-order valence-corrected chi connectivity index (χ0v) is 15.7. The minimum atomic E-state index is -0.0278. The van der Waals surface area contributed by atoms with Crippen LogP contribution in [0.25, 0.3) is 0 Å². The van der Waals surface area contributed by atoms with E-state index in [0.717, 1.165) is 43.9 Å². The number of hydrogen-bond acceptors (Lipinski definition) is 4. The van der Waals surface area contributed by atoms with Gasteiger partial charge in [-0.15, -0.1) is 0 Å². The van der Waals surface area contributed by atoms with E-state index in [9.17, 15) is 4.79 Å². The van der Waals surface area contributed by atoms with Crippen LogP contribution in [0.15, 0.2) is 42.6 Å². The van der Waals surface area contributed by atoms with E-state index < -0.39 is 0 Å². The molecule has 26 heavy (non-hydrogen) atoms. The van der Waals surface area contributed by atoms with Crippen molar-refractivity contribution in [1.82, 2.24) is 9.88 Å². The number of amides is 1. The van der Waals surface area contributed by atoms with Crippen molar-refractivity contribution in [3.63, 3.8) is 0 Å². The molecule has 1 aliphatic heterocycles. The molecule has 5 nitrogen and oxygen atoms in total. The van der Waals surface area contributed by atoms with Gasteiger partial charge in [0, 0.05) is 38.1 Å². The summed E-state index contributed by atoms with van der Waals surface area (Å²) in [6, 6.07) is 12.2. The first-order chi connectivity index (χ1) is 12.7. The van der Waals surface area contributed by atoms with Gasteiger partial charge >= 0.3 is 0 Å². The summed E-state index contributed by atoms with van der Waals surface area (Å²) in [6.07, 6.45) is 6.36. The molecule has 1 saturated heterocycles. The van der Waals surface area contributed by atoms with Crippen LogP contribution < -0.4 is 10.2 Å². The Labute approximate surface area is 156 Å². The monoisotopic (exact) mass is 352 g/mol. The summed E-state index contributed by atoms with van der Waals surface area (Å²) in [7, 11) is 1.83. The Morgan fingerprint density at radius 1 is 1.12 bits per heavy atom. The predicted octanol–water partition coefficient (Wildman–Crippen LogP) is 4.30. The molecule has 1 aliphatic rings. The number of anilines is 3. The topological polar surface area (TPSA) is 48.5 Å². The smallest absolute Gasteiger partial charge is 0.272 e. The molecule has 2 aromatic rings. The van der Waals surface area contributed by atoms with Crippen molar-refractivity contribution in [3.05, 3.63) is 48.3 Å². The first-order valence-electron chi connectivity index (χ1n) is 9.51. The third kappa shape index (κ3) is 4.54. The van der Waals surface area contributed by atoms with Gasteiger partial charge in [0.1, 0.15) is 5.69 Å². The van der Waals surface area contributed by atoms with Crippen molar-refractivity contribution in [2.45, 2.75) is 32.6 Å². The molecule has 2 heterocycles. The number of hydrogen-bond donors (Lipinski definition) is 1. The molecule has 1 N–H and O–H groups in total. The van der Waals surface area contributed by atoms with Gasteiger partial charge < -0.3 is 15.1 Å². The number of carbonyl (C=O) groups is 1. The van der Waals surface area contributed by atoms with Crippen molar-refractivity contribution in [2.75, 3.05) is 36.9 Å². The van der Waals surface area contributed by atoms with Gasteiger partial charge in [-0.1, -0.05) is 13.3 Å². The molecule has 1 aromatic carbocycles. The molecule has 1 aromatic heterocycles. The van der Waals surface area contributed by atoms with E-state index in [1.54, 1.807) is 17.2 Å². The van der Waals surface area contributed by atoms with Gasteiger partial charge in [-0.05, 0) is 55.7 Å². The Bertz CT molecular complexity index is 706.